The predicted octanol–water partition coefficient (Wildman–Crippen LogP) is 2.57. The van der Waals surface area contributed by atoms with Crippen LogP contribution in [0.5, 0.6) is 0 Å². The molecular formula is C17H32N2O2. The molecule has 0 aromatic rings. The molecule has 1 saturated carbocycles. The quantitative estimate of drug-likeness (QED) is 0.819. The fraction of sp³-hybridized carbons (Fsp3) is 0.941. The molecule has 2 atom stereocenters. The standard InChI is InChI=1S/C17H32N2O2/c1-5-17(6-2)15(12-16(17)21-7-3)18-14-8-10-19(11-9-14)13(4)20/h14-16,18H,5-12H2,1-4H3/t15-,16+/m1/s1. The molecule has 0 aromatic carbocycles. The van der Waals surface area contributed by atoms with Crippen LogP contribution in [0.3, 0.4) is 0 Å². The Balaban J connectivity index is 1.87. The summed E-state index contributed by atoms with van der Waals surface area (Å²) in [7, 11) is 0. The first-order valence-corrected chi connectivity index (χ1v) is 8.70. The fourth-order valence-corrected chi connectivity index (χ4v) is 4.26. The average molecular weight is 296 g/mol. The summed E-state index contributed by atoms with van der Waals surface area (Å²) >= 11 is 0. The van der Waals surface area contributed by atoms with E-state index in [9.17, 15) is 4.79 Å². The third-order valence-electron chi connectivity index (χ3n) is 5.85. The Kier molecular flexibility index (Phi) is 5.67. The Labute approximate surface area is 129 Å². The van der Waals surface area contributed by atoms with Crippen LogP contribution >= 0.6 is 0 Å². The Morgan fingerprint density at radius 2 is 1.86 bits per heavy atom. The summed E-state index contributed by atoms with van der Waals surface area (Å²) in [5.41, 5.74) is 0.313. The summed E-state index contributed by atoms with van der Waals surface area (Å²) in [5.74, 6) is 0.213. The van der Waals surface area contributed by atoms with E-state index < -0.39 is 0 Å². The first-order valence-electron chi connectivity index (χ1n) is 8.70. The molecule has 1 N–H and O–H groups in total. The maximum atomic E-state index is 11.4. The fourth-order valence-electron chi connectivity index (χ4n) is 4.26. The lowest BCUT2D eigenvalue weighted by Crippen LogP contribution is -2.65. The molecule has 4 nitrogen and oxygen atoms in total. The minimum atomic E-state index is 0.213. The Morgan fingerprint density at radius 3 is 2.33 bits per heavy atom. The van der Waals surface area contributed by atoms with E-state index in [1.54, 1.807) is 6.92 Å². The van der Waals surface area contributed by atoms with E-state index in [0.717, 1.165) is 39.0 Å². The van der Waals surface area contributed by atoms with Crippen LogP contribution in [0.25, 0.3) is 0 Å². The number of rotatable bonds is 6. The van der Waals surface area contributed by atoms with E-state index >= 15 is 0 Å². The minimum absolute atomic E-state index is 0.213. The molecule has 21 heavy (non-hydrogen) atoms. The van der Waals surface area contributed by atoms with Gasteiger partial charge in [0.15, 0.2) is 0 Å². The molecule has 0 radical (unpaired) electrons. The summed E-state index contributed by atoms with van der Waals surface area (Å²) < 4.78 is 5.95. The summed E-state index contributed by atoms with van der Waals surface area (Å²) in [5, 5.41) is 3.88. The summed E-state index contributed by atoms with van der Waals surface area (Å²) in [6.45, 7) is 11.0. The topological polar surface area (TPSA) is 41.6 Å². The van der Waals surface area contributed by atoms with E-state index in [2.05, 4.69) is 26.1 Å². The Bertz CT molecular complexity index is 347. The van der Waals surface area contributed by atoms with Gasteiger partial charge in [-0.15, -0.1) is 0 Å². The highest BCUT2D eigenvalue weighted by Gasteiger charge is 2.53. The van der Waals surface area contributed by atoms with Crippen LogP contribution in [0, 0.1) is 5.41 Å². The van der Waals surface area contributed by atoms with Gasteiger partial charge in [0, 0.05) is 44.1 Å². The van der Waals surface area contributed by atoms with E-state index in [4.69, 9.17) is 4.74 Å². The molecule has 122 valence electrons. The molecule has 2 rings (SSSR count). The summed E-state index contributed by atoms with van der Waals surface area (Å²) in [6.07, 6.45) is 6.09. The van der Waals surface area contributed by atoms with Gasteiger partial charge in [-0.2, -0.15) is 0 Å². The molecule has 2 aliphatic rings. The maximum Gasteiger partial charge on any atom is 0.219 e. The number of nitrogens with one attached hydrogen (secondary N) is 1. The highest BCUT2D eigenvalue weighted by molar-refractivity contribution is 5.73. The van der Waals surface area contributed by atoms with Gasteiger partial charge in [0.1, 0.15) is 0 Å². The smallest absolute Gasteiger partial charge is 0.219 e. The van der Waals surface area contributed by atoms with Gasteiger partial charge in [-0.05, 0) is 39.0 Å². The molecule has 0 aromatic heterocycles. The summed E-state index contributed by atoms with van der Waals surface area (Å²) in [4.78, 5) is 13.4. The van der Waals surface area contributed by atoms with Crippen molar-refractivity contribution in [3.8, 4) is 0 Å². The second kappa shape index (κ2) is 7.10. The molecule has 2 fully saturated rings. The van der Waals surface area contributed by atoms with Crippen LogP contribution in [0.1, 0.15) is 59.8 Å². The first-order chi connectivity index (χ1) is 10.1. The lowest BCUT2D eigenvalue weighted by molar-refractivity contribution is -0.141. The van der Waals surface area contributed by atoms with E-state index in [1.807, 2.05) is 4.90 Å². The van der Waals surface area contributed by atoms with E-state index in [-0.39, 0.29) is 5.91 Å². The molecular weight excluding hydrogens is 264 g/mol. The largest absolute Gasteiger partial charge is 0.378 e. The van der Waals surface area contributed by atoms with Gasteiger partial charge in [0.05, 0.1) is 6.10 Å². The SMILES string of the molecule is CCO[C@H]1C[C@@H](NC2CCN(C(C)=O)CC2)C1(CC)CC. The molecule has 0 bridgehead atoms. The zero-order chi connectivity index (χ0) is 15.5. The van der Waals surface area contributed by atoms with Gasteiger partial charge in [0.25, 0.3) is 0 Å². The number of piperidine rings is 1. The average Bonchev–Trinajstić information content (AvgIpc) is 2.48. The van der Waals surface area contributed by atoms with Crippen LogP contribution in [0.2, 0.25) is 0 Å². The van der Waals surface area contributed by atoms with Crippen molar-refractivity contribution in [1.82, 2.24) is 10.2 Å². The second-order valence-electron chi connectivity index (χ2n) is 6.62. The first kappa shape index (κ1) is 16.8. The van der Waals surface area contributed by atoms with Crippen molar-refractivity contribution in [2.24, 2.45) is 5.41 Å². The highest BCUT2D eigenvalue weighted by Crippen LogP contribution is 2.49. The number of likely N-dealkylation sites (tertiary alicyclic amines) is 1. The van der Waals surface area contributed by atoms with E-state index in [1.165, 1.54) is 12.8 Å². The molecule has 1 amide bonds. The van der Waals surface area contributed by atoms with Gasteiger partial charge in [-0.3, -0.25) is 4.79 Å². The third kappa shape index (κ3) is 3.26. The zero-order valence-corrected chi connectivity index (χ0v) is 14.2. The van der Waals surface area contributed by atoms with E-state index in [0.29, 0.717) is 23.6 Å². The highest BCUT2D eigenvalue weighted by atomic mass is 16.5. The van der Waals surface area contributed by atoms with Crippen molar-refractivity contribution in [2.45, 2.75) is 78.0 Å². The molecule has 0 spiro atoms. The van der Waals surface area contributed by atoms with Gasteiger partial charge in [-0.1, -0.05) is 13.8 Å². The maximum absolute atomic E-state index is 11.4. The Hall–Kier alpha value is -0.610. The van der Waals surface area contributed by atoms with Crippen LogP contribution in [0.15, 0.2) is 0 Å². The lowest BCUT2D eigenvalue weighted by atomic mass is 9.58. The summed E-state index contributed by atoms with van der Waals surface area (Å²) in [6, 6.07) is 1.14. The molecule has 1 aliphatic heterocycles. The number of hydrogen-bond donors (Lipinski definition) is 1. The normalized spacial score (nSPS) is 29.2. The number of carbonyl (C=O) groups is 1. The third-order valence-corrected chi connectivity index (χ3v) is 5.85. The van der Waals surface area contributed by atoms with Crippen molar-refractivity contribution < 1.29 is 9.53 Å². The lowest BCUT2D eigenvalue weighted by Gasteiger charge is -2.57. The Morgan fingerprint density at radius 1 is 1.24 bits per heavy atom. The van der Waals surface area contributed by atoms with Crippen molar-refractivity contribution in [3.05, 3.63) is 0 Å². The molecule has 0 unspecified atom stereocenters. The van der Waals surface area contributed by atoms with Crippen molar-refractivity contribution in [3.63, 3.8) is 0 Å². The minimum Gasteiger partial charge on any atom is -0.378 e. The van der Waals surface area contributed by atoms with Crippen molar-refractivity contribution >= 4 is 5.91 Å². The number of nitrogens with zero attached hydrogens (tertiary/aromatic N) is 1. The number of hydrogen-bond acceptors (Lipinski definition) is 3. The second-order valence-corrected chi connectivity index (χ2v) is 6.62. The van der Waals surface area contributed by atoms with Gasteiger partial charge in [-0.25, -0.2) is 0 Å². The molecule has 1 saturated heterocycles. The van der Waals surface area contributed by atoms with Crippen LogP contribution in [-0.2, 0) is 9.53 Å². The number of amides is 1. The van der Waals surface area contributed by atoms with Crippen molar-refractivity contribution in [2.75, 3.05) is 19.7 Å². The van der Waals surface area contributed by atoms with Crippen LogP contribution in [0.4, 0.5) is 0 Å². The van der Waals surface area contributed by atoms with Crippen molar-refractivity contribution in [1.29, 1.82) is 0 Å². The van der Waals surface area contributed by atoms with Gasteiger partial charge >= 0.3 is 0 Å². The van der Waals surface area contributed by atoms with Crippen LogP contribution in [-0.4, -0.2) is 48.7 Å². The number of carbonyl (C=O) groups excluding carboxylic acids is 1. The molecule has 4 heteroatoms. The van der Waals surface area contributed by atoms with Crippen LogP contribution < -0.4 is 5.32 Å². The predicted molar refractivity (Wildman–Crippen MR) is 85.2 cm³/mol. The molecule has 1 heterocycles. The monoisotopic (exact) mass is 296 g/mol. The zero-order valence-electron chi connectivity index (χ0n) is 14.2. The van der Waals surface area contributed by atoms with Gasteiger partial charge in [0.2, 0.25) is 5.91 Å². The number of ether oxygens (including phenoxy) is 1. The molecule has 1 aliphatic carbocycles. The van der Waals surface area contributed by atoms with Gasteiger partial charge < -0.3 is 15.0 Å².